The topological polar surface area (TPSA) is 26.0 Å². The van der Waals surface area contributed by atoms with Crippen LogP contribution in [0.5, 0.6) is 0 Å². The van der Waals surface area contributed by atoms with Crippen molar-refractivity contribution in [1.82, 2.24) is 0 Å². The second kappa shape index (κ2) is 5.70. The first-order valence-electron chi connectivity index (χ1n) is 4.06. The predicted molar refractivity (Wildman–Crippen MR) is 56.3 cm³/mol. The summed E-state index contributed by atoms with van der Waals surface area (Å²) in [7, 11) is 0. The summed E-state index contributed by atoms with van der Waals surface area (Å²) in [5, 5.41) is 0.0302. The lowest BCUT2D eigenvalue weighted by atomic mass is 10.0. The van der Waals surface area contributed by atoms with Gasteiger partial charge in [0.1, 0.15) is 5.82 Å². The molecule has 0 spiro atoms. The van der Waals surface area contributed by atoms with E-state index in [9.17, 15) is 17.6 Å². The van der Waals surface area contributed by atoms with E-state index < -0.39 is 24.5 Å². The van der Waals surface area contributed by atoms with Crippen LogP contribution in [0, 0.1) is 5.82 Å². The van der Waals surface area contributed by atoms with Crippen molar-refractivity contribution in [3.05, 3.63) is 34.6 Å². The van der Waals surface area contributed by atoms with Gasteiger partial charge in [-0.1, -0.05) is 11.6 Å². The Morgan fingerprint density at radius 2 is 1.81 bits per heavy atom. The zero-order valence-electron chi connectivity index (χ0n) is 7.89. The molecule has 0 aromatic heterocycles. The van der Waals surface area contributed by atoms with Crippen LogP contribution in [0.3, 0.4) is 0 Å². The molecule has 16 heavy (non-hydrogen) atoms. The van der Waals surface area contributed by atoms with E-state index in [0.717, 1.165) is 12.1 Å². The highest BCUT2D eigenvalue weighted by Gasteiger charge is 2.31. The Bertz CT molecular complexity index is 334. The highest BCUT2D eigenvalue weighted by molar-refractivity contribution is 6.30. The molecule has 1 aromatic rings. The summed E-state index contributed by atoms with van der Waals surface area (Å²) in [5.41, 5.74) is 5.31. The van der Waals surface area contributed by atoms with E-state index in [0.29, 0.717) is 0 Å². The summed E-state index contributed by atoms with van der Waals surface area (Å²) < 4.78 is 48.8. The summed E-state index contributed by atoms with van der Waals surface area (Å²) in [6, 6.07) is 1.88. The van der Waals surface area contributed by atoms with Gasteiger partial charge in [-0.25, -0.2) is 4.39 Å². The normalized spacial score (nSPS) is 13.1. The molecular weight excluding hydrogens is 269 g/mol. The molecule has 0 aliphatic heterocycles. The van der Waals surface area contributed by atoms with Crippen LogP contribution in [0.15, 0.2) is 18.2 Å². The Balaban J connectivity index is 0.00000225. The molecule has 0 bridgehead atoms. The van der Waals surface area contributed by atoms with Gasteiger partial charge in [0.25, 0.3) is 0 Å². The molecular formula is C9H9Cl2F4N. The van der Waals surface area contributed by atoms with Crippen molar-refractivity contribution in [3.63, 3.8) is 0 Å². The van der Waals surface area contributed by atoms with E-state index in [-0.39, 0.29) is 23.0 Å². The second-order valence-corrected chi connectivity index (χ2v) is 3.57. The van der Waals surface area contributed by atoms with Gasteiger partial charge in [0.15, 0.2) is 0 Å². The van der Waals surface area contributed by atoms with Gasteiger partial charge in [0, 0.05) is 11.1 Å². The number of nitrogens with two attached hydrogens (primary N) is 1. The molecule has 1 aromatic carbocycles. The molecule has 0 amide bonds. The molecule has 92 valence electrons. The summed E-state index contributed by atoms with van der Waals surface area (Å²) in [6.45, 7) is 0. The minimum absolute atomic E-state index is 0. The molecule has 0 aliphatic carbocycles. The standard InChI is InChI=1S/C9H8ClF4N.ClH/c10-6-1-5(2-7(11)3-6)8(15)4-9(12,13)14;/h1-3,8H,4,15H2;1H/t8-;/m1./s1. The number of rotatable bonds is 2. The lowest BCUT2D eigenvalue weighted by Gasteiger charge is -2.14. The number of benzene rings is 1. The Morgan fingerprint density at radius 3 is 2.25 bits per heavy atom. The fraction of sp³-hybridized carbons (Fsp3) is 0.333. The van der Waals surface area contributed by atoms with Crippen LogP contribution in [0.25, 0.3) is 0 Å². The molecule has 0 saturated carbocycles. The largest absolute Gasteiger partial charge is 0.390 e. The molecule has 0 heterocycles. The molecule has 0 radical (unpaired) electrons. The summed E-state index contributed by atoms with van der Waals surface area (Å²) >= 11 is 5.49. The van der Waals surface area contributed by atoms with Gasteiger partial charge >= 0.3 is 6.18 Å². The van der Waals surface area contributed by atoms with Crippen LogP contribution < -0.4 is 5.73 Å². The summed E-state index contributed by atoms with van der Waals surface area (Å²) in [4.78, 5) is 0. The SMILES string of the molecule is Cl.N[C@H](CC(F)(F)F)c1cc(F)cc(Cl)c1. The number of hydrogen-bond donors (Lipinski definition) is 1. The van der Waals surface area contributed by atoms with E-state index in [1.54, 1.807) is 0 Å². The maximum Gasteiger partial charge on any atom is 0.390 e. The average Bonchev–Trinajstić information content (AvgIpc) is 1.98. The van der Waals surface area contributed by atoms with Crippen LogP contribution in [0.1, 0.15) is 18.0 Å². The molecule has 0 saturated heterocycles. The van der Waals surface area contributed by atoms with Crippen molar-refractivity contribution in [2.45, 2.75) is 18.6 Å². The maximum atomic E-state index is 12.8. The molecule has 2 N–H and O–H groups in total. The van der Waals surface area contributed by atoms with Crippen LogP contribution in [-0.2, 0) is 0 Å². The van der Waals surface area contributed by atoms with Crippen LogP contribution in [-0.4, -0.2) is 6.18 Å². The molecule has 1 nitrogen and oxygen atoms in total. The quantitative estimate of drug-likeness (QED) is 0.817. The van der Waals surface area contributed by atoms with Gasteiger partial charge < -0.3 is 5.73 Å². The third-order valence-corrected chi connectivity index (χ3v) is 1.98. The van der Waals surface area contributed by atoms with Gasteiger partial charge in [0.05, 0.1) is 6.42 Å². The highest BCUT2D eigenvalue weighted by atomic mass is 35.5. The van der Waals surface area contributed by atoms with E-state index in [2.05, 4.69) is 0 Å². The third-order valence-electron chi connectivity index (χ3n) is 1.76. The first-order chi connectivity index (χ1) is 6.78. The molecule has 0 aliphatic rings. The minimum Gasteiger partial charge on any atom is -0.324 e. The minimum atomic E-state index is -4.38. The van der Waals surface area contributed by atoms with Gasteiger partial charge in [-0.2, -0.15) is 13.2 Å². The molecule has 1 rings (SSSR count). The predicted octanol–water partition coefficient (Wildman–Crippen LogP) is 3.85. The Hall–Kier alpha value is -0.520. The lowest BCUT2D eigenvalue weighted by molar-refractivity contribution is -0.138. The van der Waals surface area contributed by atoms with Crippen molar-refractivity contribution < 1.29 is 17.6 Å². The lowest BCUT2D eigenvalue weighted by Crippen LogP contribution is -2.20. The van der Waals surface area contributed by atoms with Crippen LogP contribution in [0.4, 0.5) is 17.6 Å². The number of halogens is 6. The zero-order valence-corrected chi connectivity index (χ0v) is 9.46. The van der Waals surface area contributed by atoms with Crippen molar-refractivity contribution in [3.8, 4) is 0 Å². The average molecular weight is 278 g/mol. The molecule has 0 unspecified atom stereocenters. The van der Waals surface area contributed by atoms with Crippen LogP contribution in [0.2, 0.25) is 5.02 Å². The highest BCUT2D eigenvalue weighted by Crippen LogP contribution is 2.29. The van der Waals surface area contributed by atoms with Crippen molar-refractivity contribution >= 4 is 24.0 Å². The van der Waals surface area contributed by atoms with E-state index >= 15 is 0 Å². The van der Waals surface area contributed by atoms with E-state index in [1.165, 1.54) is 6.07 Å². The third kappa shape index (κ3) is 5.01. The van der Waals surface area contributed by atoms with Crippen molar-refractivity contribution in [2.75, 3.05) is 0 Å². The molecule has 0 fully saturated rings. The number of hydrogen-bond acceptors (Lipinski definition) is 1. The molecule has 7 heteroatoms. The summed E-state index contributed by atoms with van der Waals surface area (Å²) in [6.07, 6.45) is -5.58. The smallest absolute Gasteiger partial charge is 0.324 e. The Kier molecular flexibility index (Phi) is 5.52. The monoisotopic (exact) mass is 277 g/mol. The molecule has 1 atom stereocenters. The second-order valence-electron chi connectivity index (χ2n) is 3.13. The maximum absolute atomic E-state index is 12.8. The Labute approximate surface area is 101 Å². The zero-order chi connectivity index (χ0) is 11.6. The van der Waals surface area contributed by atoms with E-state index in [4.69, 9.17) is 17.3 Å². The van der Waals surface area contributed by atoms with Crippen molar-refractivity contribution in [2.24, 2.45) is 5.73 Å². The van der Waals surface area contributed by atoms with Gasteiger partial charge in [-0.3, -0.25) is 0 Å². The first kappa shape index (κ1) is 15.5. The number of alkyl halides is 3. The fourth-order valence-corrected chi connectivity index (χ4v) is 1.39. The first-order valence-corrected chi connectivity index (χ1v) is 4.44. The van der Waals surface area contributed by atoms with Gasteiger partial charge in [-0.15, -0.1) is 12.4 Å². The van der Waals surface area contributed by atoms with Gasteiger partial charge in [-0.05, 0) is 23.8 Å². The van der Waals surface area contributed by atoms with Crippen LogP contribution >= 0.6 is 24.0 Å². The van der Waals surface area contributed by atoms with Gasteiger partial charge in [0.2, 0.25) is 0 Å². The van der Waals surface area contributed by atoms with Crippen molar-refractivity contribution in [1.29, 1.82) is 0 Å². The Morgan fingerprint density at radius 1 is 1.25 bits per heavy atom. The fourth-order valence-electron chi connectivity index (χ4n) is 1.16. The van der Waals surface area contributed by atoms with E-state index in [1.807, 2.05) is 0 Å². The summed E-state index contributed by atoms with van der Waals surface area (Å²) in [5.74, 6) is -0.699.